The molecule has 1 unspecified atom stereocenters. The van der Waals surface area contributed by atoms with Gasteiger partial charge in [0.1, 0.15) is 0 Å². The van der Waals surface area contributed by atoms with Gasteiger partial charge in [0.25, 0.3) is 0 Å². The minimum atomic E-state index is 0.882. The fourth-order valence-electron chi connectivity index (χ4n) is 1.53. The largest absolute Gasteiger partial charge is 0.0888 e. The van der Waals surface area contributed by atoms with Gasteiger partial charge in [0, 0.05) is 0 Å². The van der Waals surface area contributed by atoms with Gasteiger partial charge in [0.05, 0.1) is 0 Å². The summed E-state index contributed by atoms with van der Waals surface area (Å²) in [6.07, 6.45) is 13.5. The highest BCUT2D eigenvalue weighted by molar-refractivity contribution is 4.79. The molecule has 13 heavy (non-hydrogen) atoms. The van der Waals surface area contributed by atoms with Gasteiger partial charge < -0.3 is 0 Å². The molecule has 77 valence electrons. The van der Waals surface area contributed by atoms with Gasteiger partial charge in [-0.3, -0.25) is 0 Å². The summed E-state index contributed by atoms with van der Waals surface area (Å²) in [5, 5.41) is 0. The first-order valence-corrected chi connectivity index (χ1v) is 5.75. The molecule has 0 fully saturated rings. The Hall–Kier alpha value is -0.260. The molecular weight excluding hydrogens is 156 g/mol. The van der Waals surface area contributed by atoms with Crippen LogP contribution >= 0.6 is 0 Å². The molecule has 0 aliphatic carbocycles. The van der Waals surface area contributed by atoms with Gasteiger partial charge in [0.15, 0.2) is 0 Å². The highest BCUT2D eigenvalue weighted by Gasteiger charge is 1.98. The topological polar surface area (TPSA) is 0 Å². The van der Waals surface area contributed by atoms with E-state index in [4.69, 9.17) is 0 Å². The number of hydrogen-bond acceptors (Lipinski definition) is 0. The molecule has 1 radical (unpaired) electrons. The lowest BCUT2D eigenvalue weighted by Crippen LogP contribution is -1.93. The molecule has 0 aromatic carbocycles. The van der Waals surface area contributed by atoms with Crippen LogP contribution in [0, 0.1) is 12.8 Å². The molecule has 1 atom stereocenters. The predicted octanol–water partition coefficient (Wildman–Crippen LogP) is 4.76. The Morgan fingerprint density at radius 1 is 1.15 bits per heavy atom. The van der Waals surface area contributed by atoms with Gasteiger partial charge in [-0.1, -0.05) is 58.6 Å². The third-order valence-corrected chi connectivity index (χ3v) is 2.42. The fourth-order valence-corrected chi connectivity index (χ4v) is 1.53. The second kappa shape index (κ2) is 9.83. The molecule has 0 aromatic rings. The van der Waals surface area contributed by atoms with E-state index in [2.05, 4.69) is 32.9 Å². The number of rotatable bonds is 8. The third kappa shape index (κ3) is 9.66. The Morgan fingerprint density at radius 3 is 2.54 bits per heavy atom. The van der Waals surface area contributed by atoms with E-state index in [1.807, 2.05) is 0 Å². The summed E-state index contributed by atoms with van der Waals surface area (Å²) >= 11 is 0. The second-order valence-corrected chi connectivity index (χ2v) is 3.91. The van der Waals surface area contributed by atoms with Crippen LogP contribution in [0.2, 0.25) is 0 Å². The minimum Gasteiger partial charge on any atom is -0.0888 e. The molecule has 0 spiro atoms. The smallest absolute Gasteiger partial charge is 0.0351 e. The van der Waals surface area contributed by atoms with Crippen LogP contribution in [0.25, 0.3) is 0 Å². The molecule has 0 heteroatoms. The van der Waals surface area contributed by atoms with E-state index in [0.717, 1.165) is 12.3 Å². The van der Waals surface area contributed by atoms with E-state index in [1.54, 1.807) is 0 Å². The minimum absolute atomic E-state index is 0.882. The van der Waals surface area contributed by atoms with E-state index in [1.165, 1.54) is 38.5 Å². The molecule has 0 rings (SSSR count). The first-order chi connectivity index (χ1) is 6.31. The van der Waals surface area contributed by atoms with Crippen molar-refractivity contribution in [3.05, 3.63) is 19.1 Å². The first-order valence-electron chi connectivity index (χ1n) is 5.75. The maximum Gasteiger partial charge on any atom is -0.0351 e. The monoisotopic (exact) mass is 181 g/mol. The molecule has 0 amide bonds. The normalized spacial score (nSPS) is 13.8. The average Bonchev–Trinajstić information content (AvgIpc) is 2.11. The summed E-state index contributed by atoms with van der Waals surface area (Å²) in [6, 6.07) is 0. The zero-order valence-corrected chi connectivity index (χ0v) is 9.39. The van der Waals surface area contributed by atoms with Crippen molar-refractivity contribution in [1.82, 2.24) is 0 Å². The highest BCUT2D eigenvalue weighted by atomic mass is 14.0. The van der Waals surface area contributed by atoms with Crippen LogP contribution in [0.15, 0.2) is 12.2 Å². The molecule has 0 bridgehead atoms. The summed E-state index contributed by atoms with van der Waals surface area (Å²) in [7, 11) is 0. The maximum absolute atomic E-state index is 3.88. The van der Waals surface area contributed by atoms with E-state index < -0.39 is 0 Å². The van der Waals surface area contributed by atoms with Crippen LogP contribution in [0.4, 0.5) is 0 Å². The molecule has 0 N–H and O–H groups in total. The summed E-state index contributed by atoms with van der Waals surface area (Å²) in [5.41, 5.74) is 0. The van der Waals surface area contributed by atoms with E-state index >= 15 is 0 Å². The zero-order valence-electron chi connectivity index (χ0n) is 9.39. The standard InChI is InChI=1S/C13H25/c1-4-6-7-8-9-10-12-13(3)11-5-2/h6-7,13H,2,4-5,8-12H2,1,3H3. The van der Waals surface area contributed by atoms with Crippen molar-refractivity contribution >= 4 is 0 Å². The van der Waals surface area contributed by atoms with Crippen molar-refractivity contribution in [2.75, 3.05) is 0 Å². The average molecular weight is 181 g/mol. The third-order valence-electron chi connectivity index (χ3n) is 2.42. The molecule has 0 saturated carbocycles. The molecule has 0 aromatic heterocycles. The van der Waals surface area contributed by atoms with Gasteiger partial charge in [-0.05, 0) is 25.2 Å². The number of hydrogen-bond donors (Lipinski definition) is 0. The number of unbranched alkanes of at least 4 members (excludes halogenated alkanes) is 2. The van der Waals surface area contributed by atoms with E-state index in [0.29, 0.717) is 0 Å². The number of allylic oxidation sites excluding steroid dienone is 2. The summed E-state index contributed by atoms with van der Waals surface area (Å²) in [4.78, 5) is 0. The summed E-state index contributed by atoms with van der Waals surface area (Å²) in [6.45, 7) is 8.41. The van der Waals surface area contributed by atoms with Crippen LogP contribution in [0.3, 0.4) is 0 Å². The quantitative estimate of drug-likeness (QED) is 0.374. The van der Waals surface area contributed by atoms with Crippen molar-refractivity contribution in [2.24, 2.45) is 5.92 Å². The zero-order chi connectivity index (χ0) is 9.94. The first kappa shape index (κ1) is 12.7. The second-order valence-electron chi connectivity index (χ2n) is 3.91. The Morgan fingerprint density at radius 2 is 1.92 bits per heavy atom. The van der Waals surface area contributed by atoms with Crippen LogP contribution in [-0.2, 0) is 0 Å². The Kier molecular flexibility index (Phi) is 9.63. The Balaban J connectivity index is 3.10. The Bertz CT molecular complexity index is 113. The molecule has 0 saturated heterocycles. The van der Waals surface area contributed by atoms with Crippen molar-refractivity contribution in [1.29, 1.82) is 0 Å². The van der Waals surface area contributed by atoms with E-state index in [9.17, 15) is 0 Å². The van der Waals surface area contributed by atoms with Crippen molar-refractivity contribution in [2.45, 2.75) is 58.8 Å². The van der Waals surface area contributed by atoms with Crippen molar-refractivity contribution < 1.29 is 0 Å². The summed E-state index contributed by atoms with van der Waals surface area (Å²) in [5.74, 6) is 0.882. The lowest BCUT2D eigenvalue weighted by Gasteiger charge is -2.08. The van der Waals surface area contributed by atoms with Gasteiger partial charge in [-0.2, -0.15) is 0 Å². The van der Waals surface area contributed by atoms with Gasteiger partial charge in [-0.15, -0.1) is 0 Å². The molecule has 0 aliphatic rings. The molecule has 0 nitrogen and oxygen atoms in total. The van der Waals surface area contributed by atoms with Crippen molar-refractivity contribution in [3.8, 4) is 0 Å². The molecule has 0 aliphatic heterocycles. The SMILES string of the molecule is [CH2]CCC(C)CCCCC=CCC. The Labute approximate surface area is 84.4 Å². The van der Waals surface area contributed by atoms with Crippen LogP contribution in [-0.4, -0.2) is 0 Å². The summed E-state index contributed by atoms with van der Waals surface area (Å²) < 4.78 is 0. The van der Waals surface area contributed by atoms with Gasteiger partial charge in [0.2, 0.25) is 0 Å². The van der Waals surface area contributed by atoms with Crippen LogP contribution in [0.5, 0.6) is 0 Å². The molecule has 0 heterocycles. The maximum atomic E-state index is 3.88. The predicted molar refractivity (Wildman–Crippen MR) is 61.7 cm³/mol. The van der Waals surface area contributed by atoms with Crippen LogP contribution < -0.4 is 0 Å². The van der Waals surface area contributed by atoms with Crippen molar-refractivity contribution in [3.63, 3.8) is 0 Å². The van der Waals surface area contributed by atoms with Crippen LogP contribution in [0.1, 0.15) is 58.8 Å². The fraction of sp³-hybridized carbons (Fsp3) is 0.769. The van der Waals surface area contributed by atoms with Gasteiger partial charge >= 0.3 is 0 Å². The lowest BCUT2D eigenvalue weighted by atomic mass is 9.99. The lowest BCUT2D eigenvalue weighted by molar-refractivity contribution is 0.470. The highest BCUT2D eigenvalue weighted by Crippen LogP contribution is 2.14. The molecular formula is C13H25. The van der Waals surface area contributed by atoms with E-state index in [-0.39, 0.29) is 0 Å². The van der Waals surface area contributed by atoms with Gasteiger partial charge in [-0.25, -0.2) is 0 Å².